The molecule has 1 amide bonds. The van der Waals surface area contributed by atoms with Gasteiger partial charge in [-0.05, 0) is 43.7 Å². The molecule has 0 heterocycles. The molecule has 2 aliphatic carbocycles. The highest BCUT2D eigenvalue weighted by Crippen LogP contribution is 2.42. The molecule has 1 aromatic rings. The maximum Gasteiger partial charge on any atom is 0.271 e. The van der Waals surface area contributed by atoms with Crippen molar-refractivity contribution >= 4 is 12.1 Å². The monoisotopic (exact) mass is 254 g/mol. The first kappa shape index (κ1) is 12.2. The van der Waals surface area contributed by atoms with Crippen LogP contribution in [0.2, 0.25) is 0 Å². The topological polar surface area (TPSA) is 41.5 Å². The SMILES string of the molecule is Cc1ccc(C(=O)N/N=C/C2CC3C=CC2C3)cc1. The summed E-state index contributed by atoms with van der Waals surface area (Å²) >= 11 is 0. The molecule has 3 rings (SSSR count). The van der Waals surface area contributed by atoms with Crippen molar-refractivity contribution in [3.05, 3.63) is 47.5 Å². The highest BCUT2D eigenvalue weighted by atomic mass is 16.2. The standard InChI is InChI=1S/C16H18N2O/c1-11-2-5-13(6-3-11)16(19)18-17-10-15-9-12-4-7-14(15)8-12/h2-7,10,12,14-15H,8-9H2,1H3,(H,18,19)/b17-10+. The van der Waals surface area contributed by atoms with Gasteiger partial charge in [0.2, 0.25) is 0 Å². The number of nitrogens with one attached hydrogen (secondary N) is 1. The van der Waals surface area contributed by atoms with Gasteiger partial charge in [-0.2, -0.15) is 5.10 Å². The lowest BCUT2D eigenvalue weighted by Crippen LogP contribution is -2.19. The first-order chi connectivity index (χ1) is 9.22. The summed E-state index contributed by atoms with van der Waals surface area (Å²) in [5.41, 5.74) is 4.41. The molecule has 3 unspecified atom stereocenters. The van der Waals surface area contributed by atoms with Gasteiger partial charge < -0.3 is 0 Å². The maximum atomic E-state index is 11.9. The molecular weight excluding hydrogens is 236 g/mol. The Balaban J connectivity index is 1.56. The zero-order chi connectivity index (χ0) is 13.2. The van der Waals surface area contributed by atoms with Crippen molar-refractivity contribution in [3.8, 4) is 0 Å². The number of carbonyl (C=O) groups is 1. The number of fused-ring (bicyclic) bond motifs is 2. The summed E-state index contributed by atoms with van der Waals surface area (Å²) in [6, 6.07) is 7.50. The summed E-state index contributed by atoms with van der Waals surface area (Å²) in [6.07, 6.45) is 8.92. The van der Waals surface area contributed by atoms with Crippen LogP contribution in [0, 0.1) is 24.7 Å². The minimum Gasteiger partial charge on any atom is -0.267 e. The third kappa shape index (κ3) is 2.60. The van der Waals surface area contributed by atoms with E-state index in [4.69, 9.17) is 0 Å². The highest BCUT2D eigenvalue weighted by molar-refractivity contribution is 5.94. The predicted octanol–water partition coefficient (Wildman–Crippen LogP) is 2.92. The number of rotatable bonds is 3. The maximum absolute atomic E-state index is 11.9. The van der Waals surface area contributed by atoms with Crippen LogP contribution in [-0.2, 0) is 0 Å². The van der Waals surface area contributed by atoms with Crippen LogP contribution < -0.4 is 5.43 Å². The average molecular weight is 254 g/mol. The Kier molecular flexibility index (Phi) is 3.20. The van der Waals surface area contributed by atoms with Gasteiger partial charge in [0.25, 0.3) is 5.91 Å². The Labute approximate surface area is 113 Å². The first-order valence-corrected chi connectivity index (χ1v) is 6.81. The normalized spacial score (nSPS) is 28.2. The van der Waals surface area contributed by atoms with Crippen molar-refractivity contribution in [2.24, 2.45) is 22.9 Å². The van der Waals surface area contributed by atoms with Crippen LogP contribution in [0.15, 0.2) is 41.5 Å². The van der Waals surface area contributed by atoms with Crippen LogP contribution in [0.5, 0.6) is 0 Å². The lowest BCUT2D eigenvalue weighted by molar-refractivity contribution is 0.0955. The zero-order valence-electron chi connectivity index (χ0n) is 11.0. The average Bonchev–Trinajstić information content (AvgIpc) is 3.02. The molecule has 0 aromatic heterocycles. The van der Waals surface area contributed by atoms with E-state index < -0.39 is 0 Å². The quantitative estimate of drug-likeness (QED) is 0.503. The fraction of sp³-hybridized carbons (Fsp3) is 0.375. The van der Waals surface area contributed by atoms with Crippen LogP contribution in [-0.4, -0.2) is 12.1 Å². The van der Waals surface area contributed by atoms with E-state index in [2.05, 4.69) is 22.7 Å². The lowest BCUT2D eigenvalue weighted by atomic mass is 9.95. The zero-order valence-corrected chi connectivity index (χ0v) is 11.0. The number of aryl methyl sites for hydroxylation is 1. The van der Waals surface area contributed by atoms with E-state index in [0.717, 1.165) is 11.5 Å². The molecule has 1 N–H and O–H groups in total. The van der Waals surface area contributed by atoms with E-state index in [1.807, 2.05) is 37.4 Å². The van der Waals surface area contributed by atoms with Gasteiger partial charge in [-0.15, -0.1) is 0 Å². The van der Waals surface area contributed by atoms with E-state index in [-0.39, 0.29) is 5.91 Å². The third-order valence-electron chi connectivity index (χ3n) is 4.08. The second kappa shape index (κ2) is 5.00. The molecule has 1 fully saturated rings. The van der Waals surface area contributed by atoms with Gasteiger partial charge in [0.1, 0.15) is 0 Å². The summed E-state index contributed by atoms with van der Waals surface area (Å²) in [7, 11) is 0. The lowest BCUT2D eigenvalue weighted by Gasteiger charge is -2.11. The Bertz CT molecular complexity index is 530. The third-order valence-corrected chi connectivity index (χ3v) is 4.08. The van der Waals surface area contributed by atoms with Crippen LogP contribution in [0.25, 0.3) is 0 Å². The Morgan fingerprint density at radius 1 is 1.26 bits per heavy atom. The number of hydrogen-bond acceptors (Lipinski definition) is 2. The molecule has 3 nitrogen and oxygen atoms in total. The number of amides is 1. The van der Waals surface area contributed by atoms with Crippen LogP contribution >= 0.6 is 0 Å². The van der Waals surface area contributed by atoms with Crippen LogP contribution in [0.4, 0.5) is 0 Å². The smallest absolute Gasteiger partial charge is 0.267 e. The Hall–Kier alpha value is -1.90. The minimum atomic E-state index is -0.144. The van der Waals surface area contributed by atoms with E-state index in [0.29, 0.717) is 17.4 Å². The Morgan fingerprint density at radius 2 is 2.05 bits per heavy atom. The van der Waals surface area contributed by atoms with Crippen molar-refractivity contribution in [3.63, 3.8) is 0 Å². The number of hydrazone groups is 1. The second-order valence-electron chi connectivity index (χ2n) is 5.53. The van der Waals surface area contributed by atoms with Crippen LogP contribution in [0.1, 0.15) is 28.8 Å². The summed E-state index contributed by atoms with van der Waals surface area (Å²) in [6.45, 7) is 2.00. The van der Waals surface area contributed by atoms with Crippen molar-refractivity contribution in [2.75, 3.05) is 0 Å². The van der Waals surface area contributed by atoms with Crippen molar-refractivity contribution in [2.45, 2.75) is 19.8 Å². The number of nitrogens with zero attached hydrogens (tertiary/aromatic N) is 1. The largest absolute Gasteiger partial charge is 0.271 e. The van der Waals surface area contributed by atoms with E-state index in [1.165, 1.54) is 12.8 Å². The summed E-state index contributed by atoms with van der Waals surface area (Å²) in [5, 5.41) is 4.11. The molecule has 2 aliphatic rings. The molecule has 2 bridgehead atoms. The molecule has 0 spiro atoms. The summed E-state index contributed by atoms with van der Waals surface area (Å²) in [5.74, 6) is 1.71. The molecular formula is C16H18N2O. The number of benzene rings is 1. The molecule has 3 heteroatoms. The highest BCUT2D eigenvalue weighted by Gasteiger charge is 2.34. The van der Waals surface area contributed by atoms with Gasteiger partial charge in [-0.25, -0.2) is 5.43 Å². The van der Waals surface area contributed by atoms with Gasteiger partial charge in [-0.1, -0.05) is 29.8 Å². The minimum absolute atomic E-state index is 0.144. The van der Waals surface area contributed by atoms with Gasteiger partial charge in [0.15, 0.2) is 0 Å². The summed E-state index contributed by atoms with van der Waals surface area (Å²) in [4.78, 5) is 11.9. The van der Waals surface area contributed by atoms with E-state index in [1.54, 1.807) is 0 Å². The second-order valence-corrected chi connectivity index (χ2v) is 5.53. The van der Waals surface area contributed by atoms with Crippen molar-refractivity contribution in [1.82, 2.24) is 5.43 Å². The van der Waals surface area contributed by atoms with Crippen LogP contribution in [0.3, 0.4) is 0 Å². The molecule has 0 aliphatic heterocycles. The number of allylic oxidation sites excluding steroid dienone is 2. The predicted molar refractivity (Wildman–Crippen MR) is 76.0 cm³/mol. The summed E-state index contributed by atoms with van der Waals surface area (Å²) < 4.78 is 0. The van der Waals surface area contributed by atoms with E-state index in [9.17, 15) is 4.79 Å². The van der Waals surface area contributed by atoms with Gasteiger partial charge in [0.05, 0.1) is 0 Å². The molecule has 1 saturated carbocycles. The molecule has 1 aromatic carbocycles. The molecule has 3 atom stereocenters. The molecule has 98 valence electrons. The van der Waals surface area contributed by atoms with Crippen molar-refractivity contribution in [1.29, 1.82) is 0 Å². The number of hydrogen-bond donors (Lipinski definition) is 1. The molecule has 0 radical (unpaired) electrons. The van der Waals surface area contributed by atoms with E-state index >= 15 is 0 Å². The molecule has 0 saturated heterocycles. The fourth-order valence-electron chi connectivity index (χ4n) is 2.96. The fourth-order valence-corrected chi connectivity index (χ4v) is 2.96. The van der Waals surface area contributed by atoms with Crippen molar-refractivity contribution < 1.29 is 4.79 Å². The van der Waals surface area contributed by atoms with Gasteiger partial charge in [0, 0.05) is 17.7 Å². The first-order valence-electron chi connectivity index (χ1n) is 6.81. The molecule has 19 heavy (non-hydrogen) atoms. The van der Waals surface area contributed by atoms with Gasteiger partial charge in [-0.3, -0.25) is 4.79 Å². The Morgan fingerprint density at radius 3 is 2.68 bits per heavy atom. The number of carbonyl (C=O) groups excluding carboxylic acids is 1. The van der Waals surface area contributed by atoms with Gasteiger partial charge >= 0.3 is 0 Å².